The molecule has 1 heterocycles. The number of aryl methyl sites for hydroxylation is 1. The first-order valence-corrected chi connectivity index (χ1v) is 5.54. The third kappa shape index (κ3) is 2.24. The van der Waals surface area contributed by atoms with E-state index in [-0.39, 0.29) is 0 Å². The van der Waals surface area contributed by atoms with Crippen LogP contribution in [0.1, 0.15) is 18.9 Å². The highest BCUT2D eigenvalue weighted by Gasteiger charge is 2.07. The topological polar surface area (TPSA) is 37.9 Å². The Morgan fingerprint density at radius 1 is 1.31 bits per heavy atom. The van der Waals surface area contributed by atoms with E-state index in [1.54, 1.807) is 6.20 Å². The molecular weight excluding hydrogens is 200 g/mol. The lowest BCUT2D eigenvalue weighted by molar-refractivity contribution is 0.318. The standard InChI is InChI=1S/C13H16N2O/c1-3-8-16-13-9-10(2)4-5-11(13)12-6-7-14-15-12/h4-7,9H,3,8H2,1-2H3,(H,14,15). The highest BCUT2D eigenvalue weighted by atomic mass is 16.5. The van der Waals surface area contributed by atoms with Crippen molar-refractivity contribution >= 4 is 0 Å². The minimum absolute atomic E-state index is 0.741. The smallest absolute Gasteiger partial charge is 0.128 e. The fourth-order valence-corrected chi connectivity index (χ4v) is 1.59. The summed E-state index contributed by atoms with van der Waals surface area (Å²) in [6.45, 7) is 4.91. The molecule has 2 aromatic rings. The van der Waals surface area contributed by atoms with Gasteiger partial charge in [-0.25, -0.2) is 0 Å². The fraction of sp³-hybridized carbons (Fsp3) is 0.308. The average Bonchev–Trinajstić information content (AvgIpc) is 2.80. The molecule has 1 N–H and O–H groups in total. The van der Waals surface area contributed by atoms with E-state index in [1.165, 1.54) is 5.56 Å². The Labute approximate surface area is 95.5 Å². The zero-order chi connectivity index (χ0) is 11.4. The number of nitrogens with zero attached hydrogens (tertiary/aromatic N) is 1. The lowest BCUT2D eigenvalue weighted by Crippen LogP contribution is -1.97. The van der Waals surface area contributed by atoms with Crippen molar-refractivity contribution in [1.29, 1.82) is 0 Å². The Morgan fingerprint density at radius 3 is 2.88 bits per heavy atom. The third-order valence-electron chi connectivity index (χ3n) is 2.39. The molecule has 3 nitrogen and oxygen atoms in total. The molecule has 3 heteroatoms. The maximum absolute atomic E-state index is 5.74. The molecule has 0 unspecified atom stereocenters. The summed E-state index contributed by atoms with van der Waals surface area (Å²) in [5.74, 6) is 0.922. The second kappa shape index (κ2) is 4.84. The second-order valence-corrected chi connectivity index (χ2v) is 3.82. The fourth-order valence-electron chi connectivity index (χ4n) is 1.59. The van der Waals surface area contributed by atoms with Crippen LogP contribution in [0, 0.1) is 6.92 Å². The monoisotopic (exact) mass is 216 g/mol. The summed E-state index contributed by atoms with van der Waals surface area (Å²) < 4.78 is 5.74. The van der Waals surface area contributed by atoms with Gasteiger partial charge in [0.2, 0.25) is 0 Å². The Kier molecular flexibility index (Phi) is 3.25. The van der Waals surface area contributed by atoms with Crippen LogP contribution in [0.15, 0.2) is 30.5 Å². The van der Waals surface area contributed by atoms with E-state index >= 15 is 0 Å². The van der Waals surface area contributed by atoms with Crippen molar-refractivity contribution in [1.82, 2.24) is 10.2 Å². The molecule has 0 atom stereocenters. The molecule has 2 rings (SSSR count). The van der Waals surface area contributed by atoms with Crippen LogP contribution in [0.2, 0.25) is 0 Å². The maximum Gasteiger partial charge on any atom is 0.128 e. The van der Waals surface area contributed by atoms with Gasteiger partial charge in [-0.3, -0.25) is 5.10 Å². The number of hydrogen-bond donors (Lipinski definition) is 1. The zero-order valence-corrected chi connectivity index (χ0v) is 9.66. The van der Waals surface area contributed by atoms with Crippen molar-refractivity contribution in [3.05, 3.63) is 36.0 Å². The molecule has 1 aromatic carbocycles. The number of aromatic amines is 1. The van der Waals surface area contributed by atoms with Gasteiger partial charge in [0.15, 0.2) is 0 Å². The van der Waals surface area contributed by atoms with E-state index in [9.17, 15) is 0 Å². The summed E-state index contributed by atoms with van der Waals surface area (Å²) in [4.78, 5) is 0. The molecule has 0 saturated carbocycles. The lowest BCUT2D eigenvalue weighted by Gasteiger charge is -2.10. The number of aromatic nitrogens is 2. The van der Waals surface area contributed by atoms with Crippen LogP contribution in [0.3, 0.4) is 0 Å². The normalized spacial score (nSPS) is 10.4. The van der Waals surface area contributed by atoms with Crippen LogP contribution in [-0.4, -0.2) is 16.8 Å². The quantitative estimate of drug-likeness (QED) is 0.852. The first kappa shape index (κ1) is 10.7. The minimum Gasteiger partial charge on any atom is -0.493 e. The van der Waals surface area contributed by atoms with Gasteiger partial charge in [-0.1, -0.05) is 13.0 Å². The molecule has 16 heavy (non-hydrogen) atoms. The molecular formula is C13H16N2O. The Balaban J connectivity index is 2.36. The van der Waals surface area contributed by atoms with Crippen LogP contribution in [0.25, 0.3) is 11.3 Å². The number of benzene rings is 1. The minimum atomic E-state index is 0.741. The molecule has 0 bridgehead atoms. The highest BCUT2D eigenvalue weighted by molar-refractivity contribution is 5.67. The van der Waals surface area contributed by atoms with Crippen LogP contribution < -0.4 is 4.74 Å². The third-order valence-corrected chi connectivity index (χ3v) is 2.39. The lowest BCUT2D eigenvalue weighted by atomic mass is 10.1. The first-order valence-electron chi connectivity index (χ1n) is 5.54. The van der Waals surface area contributed by atoms with Crippen molar-refractivity contribution in [3.8, 4) is 17.0 Å². The van der Waals surface area contributed by atoms with E-state index < -0.39 is 0 Å². The molecule has 0 saturated heterocycles. The Hall–Kier alpha value is -1.77. The largest absolute Gasteiger partial charge is 0.493 e. The van der Waals surface area contributed by atoms with Gasteiger partial charge in [0.05, 0.1) is 12.3 Å². The van der Waals surface area contributed by atoms with Gasteiger partial charge in [0, 0.05) is 11.8 Å². The predicted octanol–water partition coefficient (Wildman–Crippen LogP) is 3.17. The molecule has 0 spiro atoms. The van der Waals surface area contributed by atoms with E-state index in [1.807, 2.05) is 6.07 Å². The number of rotatable bonds is 4. The van der Waals surface area contributed by atoms with Crippen molar-refractivity contribution in [3.63, 3.8) is 0 Å². The average molecular weight is 216 g/mol. The summed E-state index contributed by atoms with van der Waals surface area (Å²) in [6, 6.07) is 8.15. The zero-order valence-electron chi connectivity index (χ0n) is 9.66. The van der Waals surface area contributed by atoms with E-state index in [2.05, 4.69) is 42.2 Å². The van der Waals surface area contributed by atoms with Crippen molar-refractivity contribution < 1.29 is 4.74 Å². The van der Waals surface area contributed by atoms with Crippen molar-refractivity contribution in [2.45, 2.75) is 20.3 Å². The van der Waals surface area contributed by atoms with Gasteiger partial charge in [-0.15, -0.1) is 0 Å². The number of H-pyrrole nitrogens is 1. The summed E-state index contributed by atoms with van der Waals surface area (Å²) in [5.41, 5.74) is 3.26. The molecule has 84 valence electrons. The van der Waals surface area contributed by atoms with Crippen LogP contribution in [-0.2, 0) is 0 Å². The number of ether oxygens (including phenoxy) is 1. The van der Waals surface area contributed by atoms with Gasteiger partial charge in [0.25, 0.3) is 0 Å². The van der Waals surface area contributed by atoms with Gasteiger partial charge in [-0.2, -0.15) is 5.10 Å². The Morgan fingerprint density at radius 2 is 2.19 bits per heavy atom. The highest BCUT2D eigenvalue weighted by Crippen LogP contribution is 2.29. The van der Waals surface area contributed by atoms with E-state index in [0.717, 1.165) is 30.0 Å². The molecule has 0 fully saturated rings. The van der Waals surface area contributed by atoms with Crippen LogP contribution >= 0.6 is 0 Å². The molecule has 0 aliphatic heterocycles. The number of hydrogen-bond acceptors (Lipinski definition) is 2. The number of nitrogens with one attached hydrogen (secondary N) is 1. The summed E-state index contributed by atoms with van der Waals surface area (Å²) >= 11 is 0. The molecule has 0 aliphatic carbocycles. The van der Waals surface area contributed by atoms with Crippen LogP contribution in [0.5, 0.6) is 5.75 Å². The van der Waals surface area contributed by atoms with Gasteiger partial charge in [-0.05, 0) is 37.1 Å². The molecule has 0 aliphatic rings. The van der Waals surface area contributed by atoms with Gasteiger partial charge in [0.1, 0.15) is 5.75 Å². The summed E-state index contributed by atoms with van der Waals surface area (Å²) in [5, 5.41) is 6.92. The summed E-state index contributed by atoms with van der Waals surface area (Å²) in [6.07, 6.45) is 2.76. The van der Waals surface area contributed by atoms with E-state index in [0.29, 0.717) is 0 Å². The van der Waals surface area contributed by atoms with E-state index in [4.69, 9.17) is 4.74 Å². The molecule has 1 aromatic heterocycles. The SMILES string of the molecule is CCCOc1cc(C)ccc1-c1ccn[nH]1. The van der Waals surface area contributed by atoms with Crippen molar-refractivity contribution in [2.75, 3.05) is 6.61 Å². The Bertz CT molecular complexity index is 449. The molecule has 0 amide bonds. The van der Waals surface area contributed by atoms with Crippen molar-refractivity contribution in [2.24, 2.45) is 0 Å². The molecule has 0 radical (unpaired) electrons. The van der Waals surface area contributed by atoms with Gasteiger partial charge < -0.3 is 4.74 Å². The van der Waals surface area contributed by atoms with Crippen LogP contribution in [0.4, 0.5) is 0 Å². The predicted molar refractivity (Wildman–Crippen MR) is 64.5 cm³/mol. The second-order valence-electron chi connectivity index (χ2n) is 3.82. The van der Waals surface area contributed by atoms with Gasteiger partial charge >= 0.3 is 0 Å². The maximum atomic E-state index is 5.74. The first-order chi connectivity index (χ1) is 7.81. The summed E-state index contributed by atoms with van der Waals surface area (Å²) in [7, 11) is 0.